The highest BCUT2D eigenvalue weighted by molar-refractivity contribution is 5.90. The maximum atomic E-state index is 10.7. The lowest BCUT2D eigenvalue weighted by molar-refractivity contribution is -0.131. The topological polar surface area (TPSA) is 67.8 Å². The Labute approximate surface area is 165 Å². The van der Waals surface area contributed by atoms with Crippen LogP contribution in [0.4, 0.5) is 0 Å². The standard InChI is InChI=1S/C23H40N2O2/c1-21(2)18-7-5-15-16-6-8-20(26)23(16,4)11-9-17(15)22(18,3)12-10-19(21)25-27-14-13-24/h15-18,20,26H,5-14,24H2,1-4H3/b25-19+/t15-,16-,17+,18?,20?,22+,23-/m0/s1. The van der Waals surface area contributed by atoms with Crippen molar-refractivity contribution in [3.63, 3.8) is 0 Å². The molecule has 0 saturated heterocycles. The van der Waals surface area contributed by atoms with Crippen LogP contribution in [0.1, 0.15) is 79.1 Å². The van der Waals surface area contributed by atoms with E-state index in [0.29, 0.717) is 24.5 Å². The summed E-state index contributed by atoms with van der Waals surface area (Å²) >= 11 is 0. The van der Waals surface area contributed by atoms with Crippen LogP contribution in [-0.2, 0) is 4.84 Å². The Morgan fingerprint density at radius 1 is 1.00 bits per heavy atom. The van der Waals surface area contributed by atoms with Crippen LogP contribution < -0.4 is 5.73 Å². The third kappa shape index (κ3) is 2.80. The zero-order valence-corrected chi connectivity index (χ0v) is 17.8. The molecule has 2 unspecified atom stereocenters. The molecule has 4 fully saturated rings. The van der Waals surface area contributed by atoms with Gasteiger partial charge in [0, 0.05) is 12.0 Å². The summed E-state index contributed by atoms with van der Waals surface area (Å²) in [5, 5.41) is 15.2. The van der Waals surface area contributed by atoms with Crippen LogP contribution in [0.5, 0.6) is 0 Å². The fourth-order valence-electron chi connectivity index (χ4n) is 8.22. The third-order valence-corrected chi connectivity index (χ3v) is 9.72. The van der Waals surface area contributed by atoms with E-state index in [1.165, 1.54) is 44.2 Å². The lowest BCUT2D eigenvalue weighted by Gasteiger charge is -2.63. The summed E-state index contributed by atoms with van der Waals surface area (Å²) in [5.41, 5.74) is 7.48. The van der Waals surface area contributed by atoms with Gasteiger partial charge in [-0.2, -0.15) is 0 Å². The van der Waals surface area contributed by atoms with Gasteiger partial charge in [-0.1, -0.05) is 32.9 Å². The molecule has 0 aliphatic heterocycles. The van der Waals surface area contributed by atoms with Gasteiger partial charge in [0.05, 0.1) is 11.8 Å². The van der Waals surface area contributed by atoms with Crippen LogP contribution in [0.3, 0.4) is 0 Å². The highest BCUT2D eigenvalue weighted by atomic mass is 16.6. The average Bonchev–Trinajstić information content (AvgIpc) is 2.92. The Bertz CT molecular complexity index is 603. The number of hydrogen-bond donors (Lipinski definition) is 2. The summed E-state index contributed by atoms with van der Waals surface area (Å²) in [5.74, 6) is 3.03. The predicted molar refractivity (Wildman–Crippen MR) is 109 cm³/mol. The van der Waals surface area contributed by atoms with Crippen molar-refractivity contribution in [3.05, 3.63) is 0 Å². The Balaban J connectivity index is 1.59. The van der Waals surface area contributed by atoms with Crippen molar-refractivity contribution in [2.24, 2.45) is 50.8 Å². The van der Waals surface area contributed by atoms with Gasteiger partial charge in [0.1, 0.15) is 6.61 Å². The van der Waals surface area contributed by atoms with Crippen LogP contribution in [0.15, 0.2) is 5.16 Å². The molecule has 0 heterocycles. The van der Waals surface area contributed by atoms with E-state index in [-0.39, 0.29) is 16.9 Å². The van der Waals surface area contributed by atoms with Crippen molar-refractivity contribution >= 4 is 5.71 Å². The lowest BCUT2D eigenvalue weighted by Crippen LogP contribution is -2.58. The molecule has 4 heteroatoms. The molecule has 0 spiro atoms. The van der Waals surface area contributed by atoms with E-state index < -0.39 is 0 Å². The van der Waals surface area contributed by atoms with E-state index in [0.717, 1.165) is 30.6 Å². The predicted octanol–water partition coefficient (Wildman–Crippen LogP) is 4.36. The fourth-order valence-corrected chi connectivity index (χ4v) is 8.22. The molecule has 27 heavy (non-hydrogen) atoms. The first kappa shape index (κ1) is 19.7. The van der Waals surface area contributed by atoms with E-state index in [1.54, 1.807) is 0 Å². The monoisotopic (exact) mass is 376 g/mol. The molecule has 0 aromatic carbocycles. The zero-order chi connectivity index (χ0) is 19.4. The van der Waals surface area contributed by atoms with Gasteiger partial charge < -0.3 is 15.7 Å². The molecular formula is C23H40N2O2. The molecule has 4 aliphatic carbocycles. The molecule has 0 aromatic rings. The largest absolute Gasteiger partial charge is 0.394 e. The van der Waals surface area contributed by atoms with Gasteiger partial charge in [-0.05, 0) is 85.9 Å². The molecule has 4 aliphatic rings. The van der Waals surface area contributed by atoms with Crippen LogP contribution in [0, 0.1) is 39.9 Å². The first-order chi connectivity index (χ1) is 12.7. The number of aliphatic hydroxyl groups excluding tert-OH is 1. The minimum absolute atomic E-state index is 0.0739. The SMILES string of the molecule is CC1(C)/C(=N/OCCN)CC[C@@]2(C)C1CC[C@@H]1[C@H]2CC[C@]2(C)C(O)CC[C@@H]12. The minimum atomic E-state index is -0.0739. The first-order valence-electron chi connectivity index (χ1n) is 11.3. The molecule has 4 saturated carbocycles. The Kier molecular flexibility index (Phi) is 4.91. The van der Waals surface area contributed by atoms with Gasteiger partial charge in [-0.25, -0.2) is 0 Å². The second-order valence-electron chi connectivity index (χ2n) is 11.0. The second kappa shape index (κ2) is 6.73. The molecule has 0 radical (unpaired) electrons. The highest BCUT2D eigenvalue weighted by Crippen LogP contribution is 2.68. The van der Waals surface area contributed by atoms with Crippen molar-refractivity contribution in [1.82, 2.24) is 0 Å². The van der Waals surface area contributed by atoms with Crippen molar-refractivity contribution in [3.8, 4) is 0 Å². The highest BCUT2D eigenvalue weighted by Gasteiger charge is 2.62. The van der Waals surface area contributed by atoms with Crippen LogP contribution in [0.25, 0.3) is 0 Å². The number of fused-ring (bicyclic) bond motifs is 5. The molecular weight excluding hydrogens is 336 g/mol. The fraction of sp³-hybridized carbons (Fsp3) is 0.957. The van der Waals surface area contributed by atoms with Gasteiger partial charge in [0.15, 0.2) is 0 Å². The minimum Gasteiger partial charge on any atom is -0.394 e. The molecule has 4 rings (SSSR count). The number of nitrogens with two attached hydrogens (primary N) is 1. The Morgan fingerprint density at radius 2 is 1.74 bits per heavy atom. The quantitative estimate of drug-likeness (QED) is 0.568. The summed E-state index contributed by atoms with van der Waals surface area (Å²) in [4.78, 5) is 5.49. The molecule has 0 bridgehead atoms. The van der Waals surface area contributed by atoms with Crippen LogP contribution in [-0.4, -0.2) is 30.1 Å². The van der Waals surface area contributed by atoms with Gasteiger partial charge in [0.2, 0.25) is 0 Å². The molecule has 0 aromatic heterocycles. The van der Waals surface area contributed by atoms with Crippen molar-refractivity contribution in [2.75, 3.05) is 13.2 Å². The van der Waals surface area contributed by atoms with Gasteiger partial charge >= 0.3 is 0 Å². The molecule has 154 valence electrons. The molecule has 7 atom stereocenters. The Hall–Kier alpha value is -0.610. The summed E-state index contributed by atoms with van der Waals surface area (Å²) in [6, 6.07) is 0. The number of rotatable bonds is 3. The first-order valence-corrected chi connectivity index (χ1v) is 11.3. The van der Waals surface area contributed by atoms with Crippen LogP contribution >= 0.6 is 0 Å². The smallest absolute Gasteiger partial charge is 0.129 e. The lowest BCUT2D eigenvalue weighted by atomic mass is 9.41. The number of oxime groups is 1. The van der Waals surface area contributed by atoms with Crippen molar-refractivity contribution in [2.45, 2.75) is 85.2 Å². The third-order valence-electron chi connectivity index (χ3n) is 9.72. The normalized spacial score (nSPS) is 50.0. The molecule has 4 nitrogen and oxygen atoms in total. The van der Waals surface area contributed by atoms with Crippen LogP contribution in [0.2, 0.25) is 0 Å². The summed E-state index contributed by atoms with van der Waals surface area (Å²) in [7, 11) is 0. The summed E-state index contributed by atoms with van der Waals surface area (Å²) in [6.07, 6.45) is 9.61. The van der Waals surface area contributed by atoms with Gasteiger partial charge in [0.25, 0.3) is 0 Å². The van der Waals surface area contributed by atoms with Gasteiger partial charge in [-0.3, -0.25) is 0 Å². The van der Waals surface area contributed by atoms with Gasteiger partial charge in [-0.15, -0.1) is 0 Å². The van der Waals surface area contributed by atoms with E-state index in [2.05, 4.69) is 32.9 Å². The number of nitrogens with zero attached hydrogens (tertiary/aromatic N) is 1. The van der Waals surface area contributed by atoms with Crippen molar-refractivity contribution in [1.29, 1.82) is 0 Å². The summed E-state index contributed by atoms with van der Waals surface area (Å²) < 4.78 is 0. The second-order valence-corrected chi connectivity index (χ2v) is 11.0. The maximum absolute atomic E-state index is 10.7. The average molecular weight is 377 g/mol. The molecule has 0 amide bonds. The van der Waals surface area contributed by atoms with Crippen molar-refractivity contribution < 1.29 is 9.94 Å². The van der Waals surface area contributed by atoms with E-state index in [9.17, 15) is 5.11 Å². The number of hydrogen-bond acceptors (Lipinski definition) is 4. The molecule has 3 N–H and O–H groups in total. The maximum Gasteiger partial charge on any atom is 0.129 e. The Morgan fingerprint density at radius 3 is 2.48 bits per heavy atom. The van der Waals surface area contributed by atoms with E-state index in [1.807, 2.05) is 0 Å². The van der Waals surface area contributed by atoms with E-state index >= 15 is 0 Å². The van der Waals surface area contributed by atoms with E-state index in [4.69, 9.17) is 10.6 Å². The zero-order valence-electron chi connectivity index (χ0n) is 17.8. The number of aliphatic hydroxyl groups is 1. The summed E-state index contributed by atoms with van der Waals surface area (Å²) in [6.45, 7) is 10.8.